The van der Waals surface area contributed by atoms with Crippen molar-refractivity contribution in [3.63, 3.8) is 0 Å². The first-order valence-corrected chi connectivity index (χ1v) is 4.63. The lowest BCUT2D eigenvalue weighted by atomic mass is 9.91. The van der Waals surface area contributed by atoms with E-state index in [2.05, 4.69) is 45.9 Å². The zero-order valence-corrected chi connectivity index (χ0v) is 8.39. The van der Waals surface area contributed by atoms with Gasteiger partial charge in [0, 0.05) is 0 Å². The summed E-state index contributed by atoms with van der Waals surface area (Å²) in [6.07, 6.45) is 0. The highest BCUT2D eigenvalue weighted by atomic mass is 14.1. The molecular weight excluding hydrogens is 144 g/mol. The van der Waals surface area contributed by atoms with Crippen LogP contribution in [0.15, 0.2) is 18.2 Å². The van der Waals surface area contributed by atoms with Crippen LogP contribution in [-0.2, 0) is 0 Å². The summed E-state index contributed by atoms with van der Waals surface area (Å²) >= 11 is 0. The molecule has 0 aliphatic carbocycles. The molecule has 12 heavy (non-hydrogen) atoms. The standard InChI is InChI=1S/C12H17/c1-9(2)11-7-5-6-8-12(11)10(3)4/h5-7,9-10H,1-4H3. The van der Waals surface area contributed by atoms with Crippen LogP contribution in [0.5, 0.6) is 0 Å². The van der Waals surface area contributed by atoms with E-state index in [1.165, 1.54) is 11.1 Å². The Morgan fingerprint density at radius 2 is 1.75 bits per heavy atom. The van der Waals surface area contributed by atoms with Gasteiger partial charge in [0.05, 0.1) is 0 Å². The first-order valence-electron chi connectivity index (χ1n) is 4.63. The van der Waals surface area contributed by atoms with Crippen molar-refractivity contribution in [1.82, 2.24) is 0 Å². The number of hydrogen-bond donors (Lipinski definition) is 0. The normalized spacial score (nSPS) is 11.2. The smallest absolute Gasteiger partial charge is 0.0143 e. The van der Waals surface area contributed by atoms with Crippen molar-refractivity contribution < 1.29 is 0 Å². The molecule has 0 saturated heterocycles. The second-order valence-corrected chi connectivity index (χ2v) is 3.85. The van der Waals surface area contributed by atoms with Gasteiger partial charge in [0.15, 0.2) is 0 Å². The average molecular weight is 161 g/mol. The van der Waals surface area contributed by atoms with Crippen LogP contribution in [0.25, 0.3) is 0 Å². The van der Waals surface area contributed by atoms with Gasteiger partial charge < -0.3 is 0 Å². The van der Waals surface area contributed by atoms with Gasteiger partial charge in [-0.3, -0.25) is 0 Å². The molecule has 0 bridgehead atoms. The van der Waals surface area contributed by atoms with E-state index in [0.29, 0.717) is 11.8 Å². The Labute approximate surface area is 75.6 Å². The van der Waals surface area contributed by atoms with Crippen molar-refractivity contribution in [2.24, 2.45) is 0 Å². The molecule has 1 rings (SSSR count). The van der Waals surface area contributed by atoms with Crippen molar-refractivity contribution >= 4 is 0 Å². The van der Waals surface area contributed by atoms with Gasteiger partial charge >= 0.3 is 0 Å². The second-order valence-electron chi connectivity index (χ2n) is 3.85. The lowest BCUT2D eigenvalue weighted by Crippen LogP contribution is -1.97. The van der Waals surface area contributed by atoms with Crippen molar-refractivity contribution in [3.8, 4) is 0 Å². The average Bonchev–Trinajstić information content (AvgIpc) is 2.04. The number of benzene rings is 1. The molecule has 1 aromatic carbocycles. The molecule has 1 aromatic rings. The van der Waals surface area contributed by atoms with Crippen LogP contribution >= 0.6 is 0 Å². The Morgan fingerprint density at radius 1 is 1.08 bits per heavy atom. The summed E-state index contributed by atoms with van der Waals surface area (Å²) in [7, 11) is 0. The van der Waals surface area contributed by atoms with Crippen molar-refractivity contribution in [2.75, 3.05) is 0 Å². The van der Waals surface area contributed by atoms with Crippen molar-refractivity contribution in [2.45, 2.75) is 39.5 Å². The van der Waals surface area contributed by atoms with Crippen LogP contribution in [-0.4, -0.2) is 0 Å². The molecular formula is C12H17. The molecule has 0 heterocycles. The van der Waals surface area contributed by atoms with E-state index in [1.54, 1.807) is 0 Å². The third kappa shape index (κ3) is 1.88. The summed E-state index contributed by atoms with van der Waals surface area (Å²) in [5.41, 5.74) is 2.81. The van der Waals surface area contributed by atoms with Gasteiger partial charge in [-0.05, 0) is 29.0 Å². The highest BCUT2D eigenvalue weighted by Gasteiger charge is 2.07. The molecule has 0 heteroatoms. The fourth-order valence-corrected chi connectivity index (χ4v) is 1.47. The van der Waals surface area contributed by atoms with Crippen LogP contribution in [0.1, 0.15) is 50.7 Å². The summed E-state index contributed by atoms with van der Waals surface area (Å²) < 4.78 is 0. The first-order chi connectivity index (χ1) is 5.63. The Balaban J connectivity index is 3.09. The largest absolute Gasteiger partial charge is 0.0613 e. The minimum Gasteiger partial charge on any atom is -0.0613 e. The Hall–Kier alpha value is -0.780. The maximum atomic E-state index is 3.32. The van der Waals surface area contributed by atoms with E-state index in [1.807, 2.05) is 6.07 Å². The molecule has 0 amide bonds. The summed E-state index contributed by atoms with van der Waals surface area (Å²) in [5, 5.41) is 0. The zero-order chi connectivity index (χ0) is 9.14. The summed E-state index contributed by atoms with van der Waals surface area (Å²) in [6.45, 7) is 8.90. The molecule has 0 saturated carbocycles. The predicted octanol–water partition coefficient (Wildman–Crippen LogP) is 3.73. The van der Waals surface area contributed by atoms with E-state index < -0.39 is 0 Å². The SMILES string of the molecule is CC(C)c1[c]cccc1C(C)C. The van der Waals surface area contributed by atoms with Gasteiger partial charge in [-0.15, -0.1) is 0 Å². The second kappa shape index (κ2) is 3.75. The van der Waals surface area contributed by atoms with E-state index >= 15 is 0 Å². The van der Waals surface area contributed by atoms with Gasteiger partial charge in [0.25, 0.3) is 0 Å². The van der Waals surface area contributed by atoms with Gasteiger partial charge in [-0.25, -0.2) is 0 Å². The Kier molecular flexibility index (Phi) is 2.91. The van der Waals surface area contributed by atoms with E-state index in [4.69, 9.17) is 0 Å². The maximum Gasteiger partial charge on any atom is -0.0143 e. The molecule has 0 aliphatic rings. The fourth-order valence-electron chi connectivity index (χ4n) is 1.47. The minimum atomic E-state index is 0.587. The molecule has 0 atom stereocenters. The van der Waals surface area contributed by atoms with Crippen LogP contribution in [0.3, 0.4) is 0 Å². The van der Waals surface area contributed by atoms with Gasteiger partial charge in [-0.2, -0.15) is 0 Å². The summed E-state index contributed by atoms with van der Waals surface area (Å²) in [6, 6.07) is 9.59. The lowest BCUT2D eigenvalue weighted by molar-refractivity contribution is 0.789. The van der Waals surface area contributed by atoms with Crippen LogP contribution in [0.4, 0.5) is 0 Å². The Morgan fingerprint density at radius 3 is 2.17 bits per heavy atom. The van der Waals surface area contributed by atoms with Gasteiger partial charge in [0.2, 0.25) is 0 Å². The van der Waals surface area contributed by atoms with Crippen molar-refractivity contribution in [3.05, 3.63) is 35.4 Å². The number of hydrogen-bond acceptors (Lipinski definition) is 0. The lowest BCUT2D eigenvalue weighted by Gasteiger charge is -2.14. The topological polar surface area (TPSA) is 0 Å². The zero-order valence-electron chi connectivity index (χ0n) is 8.39. The molecule has 65 valence electrons. The molecule has 0 fully saturated rings. The maximum absolute atomic E-state index is 3.32. The van der Waals surface area contributed by atoms with Crippen LogP contribution in [0.2, 0.25) is 0 Å². The molecule has 0 nitrogen and oxygen atoms in total. The fraction of sp³-hybridized carbons (Fsp3) is 0.500. The van der Waals surface area contributed by atoms with Crippen LogP contribution in [0, 0.1) is 6.07 Å². The summed E-state index contributed by atoms with van der Waals surface area (Å²) in [4.78, 5) is 0. The predicted molar refractivity (Wildman–Crippen MR) is 53.5 cm³/mol. The molecule has 0 aromatic heterocycles. The summed E-state index contributed by atoms with van der Waals surface area (Å²) in [5.74, 6) is 1.20. The molecule has 1 radical (unpaired) electrons. The third-order valence-corrected chi connectivity index (χ3v) is 2.12. The Bertz CT molecular complexity index is 219. The van der Waals surface area contributed by atoms with Crippen molar-refractivity contribution in [1.29, 1.82) is 0 Å². The molecule has 0 spiro atoms. The van der Waals surface area contributed by atoms with Crippen LogP contribution < -0.4 is 0 Å². The van der Waals surface area contributed by atoms with E-state index in [9.17, 15) is 0 Å². The highest BCUT2D eigenvalue weighted by molar-refractivity contribution is 5.30. The first kappa shape index (κ1) is 9.31. The van der Waals surface area contributed by atoms with E-state index in [-0.39, 0.29) is 0 Å². The number of rotatable bonds is 2. The minimum absolute atomic E-state index is 0.587. The molecule has 0 N–H and O–H groups in total. The van der Waals surface area contributed by atoms with Gasteiger partial charge in [0.1, 0.15) is 0 Å². The molecule has 0 aliphatic heterocycles. The van der Waals surface area contributed by atoms with Gasteiger partial charge in [-0.1, -0.05) is 45.9 Å². The quantitative estimate of drug-likeness (QED) is 0.620. The monoisotopic (exact) mass is 161 g/mol. The van der Waals surface area contributed by atoms with E-state index in [0.717, 1.165) is 0 Å². The third-order valence-electron chi connectivity index (χ3n) is 2.12. The molecule has 0 unspecified atom stereocenters. The highest BCUT2D eigenvalue weighted by Crippen LogP contribution is 2.24.